The molecule has 19 heavy (non-hydrogen) atoms. The van der Waals surface area contributed by atoms with Gasteiger partial charge in [-0.3, -0.25) is 9.98 Å². The van der Waals surface area contributed by atoms with Gasteiger partial charge in [-0.15, -0.1) is 0 Å². The Morgan fingerprint density at radius 1 is 1.05 bits per heavy atom. The summed E-state index contributed by atoms with van der Waals surface area (Å²) in [4.78, 5) is 11.1. The number of hydrogen-bond acceptors (Lipinski definition) is 3. The van der Waals surface area contributed by atoms with E-state index in [1.807, 2.05) is 42.6 Å². The standard InChI is InChI=1S/C16H19N3/c1-3-19(4-2)16-11-6-5-10-15(16)18-13-14-9-7-8-12-17-14/h5-13H,3-4H2,1-2H3. The Hall–Kier alpha value is -2.16. The fourth-order valence-electron chi connectivity index (χ4n) is 1.99. The van der Waals surface area contributed by atoms with Crippen molar-refractivity contribution in [3.63, 3.8) is 0 Å². The highest BCUT2D eigenvalue weighted by molar-refractivity contribution is 5.82. The fourth-order valence-corrected chi connectivity index (χ4v) is 1.99. The zero-order valence-corrected chi connectivity index (χ0v) is 11.5. The van der Waals surface area contributed by atoms with Crippen LogP contribution in [0.15, 0.2) is 53.7 Å². The van der Waals surface area contributed by atoms with E-state index in [2.05, 4.69) is 34.8 Å². The molecule has 0 aliphatic heterocycles. The van der Waals surface area contributed by atoms with Gasteiger partial charge in [-0.2, -0.15) is 0 Å². The van der Waals surface area contributed by atoms with E-state index in [0.29, 0.717) is 0 Å². The fraction of sp³-hybridized carbons (Fsp3) is 0.250. The molecule has 0 atom stereocenters. The molecule has 98 valence electrons. The highest BCUT2D eigenvalue weighted by atomic mass is 15.1. The Morgan fingerprint density at radius 3 is 2.47 bits per heavy atom. The minimum absolute atomic E-state index is 0.872. The number of benzene rings is 1. The zero-order chi connectivity index (χ0) is 13.5. The third kappa shape index (κ3) is 3.41. The summed E-state index contributed by atoms with van der Waals surface area (Å²) in [6.45, 7) is 6.27. The second kappa shape index (κ2) is 6.69. The van der Waals surface area contributed by atoms with Crippen LogP contribution < -0.4 is 4.90 Å². The maximum atomic E-state index is 4.56. The molecule has 1 aromatic carbocycles. The molecule has 0 N–H and O–H groups in total. The quantitative estimate of drug-likeness (QED) is 0.760. The Labute approximate surface area is 114 Å². The van der Waals surface area contributed by atoms with E-state index in [1.165, 1.54) is 5.69 Å². The highest BCUT2D eigenvalue weighted by Gasteiger charge is 2.05. The molecule has 0 bridgehead atoms. The van der Waals surface area contributed by atoms with E-state index in [1.54, 1.807) is 6.20 Å². The summed E-state index contributed by atoms with van der Waals surface area (Å²) in [6, 6.07) is 14.0. The number of aliphatic imine (C=N–C) groups is 1. The van der Waals surface area contributed by atoms with Gasteiger partial charge in [-0.25, -0.2) is 0 Å². The van der Waals surface area contributed by atoms with Gasteiger partial charge in [0.15, 0.2) is 0 Å². The largest absolute Gasteiger partial charge is 0.370 e. The van der Waals surface area contributed by atoms with Crippen LogP contribution in [0.3, 0.4) is 0 Å². The van der Waals surface area contributed by atoms with Gasteiger partial charge in [-0.1, -0.05) is 18.2 Å². The smallest absolute Gasteiger partial charge is 0.0863 e. The summed E-state index contributed by atoms with van der Waals surface area (Å²) in [5.74, 6) is 0. The minimum atomic E-state index is 0.872. The van der Waals surface area contributed by atoms with Crippen LogP contribution in [0.4, 0.5) is 11.4 Å². The SMILES string of the molecule is CCN(CC)c1ccccc1N=Cc1ccccn1. The Morgan fingerprint density at radius 2 is 1.79 bits per heavy atom. The van der Waals surface area contributed by atoms with Crippen molar-refractivity contribution >= 4 is 17.6 Å². The predicted molar refractivity (Wildman–Crippen MR) is 81.5 cm³/mol. The Bertz CT molecular complexity index is 531. The summed E-state index contributed by atoms with van der Waals surface area (Å²) in [7, 11) is 0. The van der Waals surface area contributed by atoms with Crippen LogP contribution in [-0.2, 0) is 0 Å². The monoisotopic (exact) mass is 253 g/mol. The van der Waals surface area contributed by atoms with Crippen LogP contribution in [0.25, 0.3) is 0 Å². The van der Waals surface area contributed by atoms with Crippen molar-refractivity contribution in [1.29, 1.82) is 0 Å². The number of anilines is 1. The first-order chi connectivity index (χ1) is 9.35. The molecule has 0 aliphatic rings. The molecule has 2 rings (SSSR count). The topological polar surface area (TPSA) is 28.5 Å². The van der Waals surface area contributed by atoms with Gasteiger partial charge in [0.1, 0.15) is 0 Å². The number of para-hydroxylation sites is 2. The zero-order valence-electron chi connectivity index (χ0n) is 11.5. The molecule has 0 fully saturated rings. The molecule has 0 saturated heterocycles. The summed E-state index contributed by atoms with van der Waals surface area (Å²) < 4.78 is 0. The van der Waals surface area contributed by atoms with Crippen molar-refractivity contribution in [1.82, 2.24) is 4.98 Å². The van der Waals surface area contributed by atoms with E-state index in [-0.39, 0.29) is 0 Å². The van der Waals surface area contributed by atoms with Crippen molar-refractivity contribution < 1.29 is 0 Å². The first-order valence-electron chi connectivity index (χ1n) is 6.64. The van der Waals surface area contributed by atoms with Gasteiger partial charge >= 0.3 is 0 Å². The molecule has 3 heteroatoms. The molecule has 0 spiro atoms. The number of pyridine rings is 1. The van der Waals surface area contributed by atoms with Gasteiger partial charge in [0.25, 0.3) is 0 Å². The lowest BCUT2D eigenvalue weighted by atomic mass is 10.2. The molecule has 1 heterocycles. The van der Waals surface area contributed by atoms with Crippen LogP contribution in [0, 0.1) is 0 Å². The van der Waals surface area contributed by atoms with Gasteiger partial charge in [-0.05, 0) is 38.1 Å². The van der Waals surface area contributed by atoms with Crippen LogP contribution in [0.1, 0.15) is 19.5 Å². The van der Waals surface area contributed by atoms with E-state index < -0.39 is 0 Å². The lowest BCUT2D eigenvalue weighted by Crippen LogP contribution is -2.21. The molecule has 0 saturated carbocycles. The average Bonchev–Trinajstić information content (AvgIpc) is 2.48. The average molecular weight is 253 g/mol. The lowest BCUT2D eigenvalue weighted by Gasteiger charge is -2.22. The number of rotatable bonds is 5. The van der Waals surface area contributed by atoms with Crippen LogP contribution in [0.2, 0.25) is 0 Å². The van der Waals surface area contributed by atoms with Crippen LogP contribution >= 0.6 is 0 Å². The van der Waals surface area contributed by atoms with Crippen LogP contribution in [0.5, 0.6) is 0 Å². The highest BCUT2D eigenvalue weighted by Crippen LogP contribution is 2.27. The van der Waals surface area contributed by atoms with Gasteiger partial charge in [0, 0.05) is 19.3 Å². The Kier molecular flexibility index (Phi) is 4.67. The van der Waals surface area contributed by atoms with E-state index >= 15 is 0 Å². The summed E-state index contributed by atoms with van der Waals surface area (Å²) in [5, 5.41) is 0. The van der Waals surface area contributed by atoms with E-state index in [9.17, 15) is 0 Å². The lowest BCUT2D eigenvalue weighted by molar-refractivity contribution is 0.866. The summed E-state index contributed by atoms with van der Waals surface area (Å²) >= 11 is 0. The second-order valence-electron chi connectivity index (χ2n) is 4.17. The third-order valence-electron chi connectivity index (χ3n) is 3.01. The molecule has 0 aliphatic carbocycles. The maximum Gasteiger partial charge on any atom is 0.0863 e. The van der Waals surface area contributed by atoms with E-state index in [4.69, 9.17) is 0 Å². The normalized spacial score (nSPS) is 10.8. The third-order valence-corrected chi connectivity index (χ3v) is 3.01. The number of hydrogen-bond donors (Lipinski definition) is 0. The van der Waals surface area contributed by atoms with Gasteiger partial charge < -0.3 is 4.90 Å². The molecule has 2 aromatic rings. The number of nitrogens with zero attached hydrogens (tertiary/aromatic N) is 3. The molecule has 0 radical (unpaired) electrons. The number of aromatic nitrogens is 1. The summed E-state index contributed by atoms with van der Waals surface area (Å²) in [6.07, 6.45) is 3.58. The minimum Gasteiger partial charge on any atom is -0.370 e. The molecule has 1 aromatic heterocycles. The molecular weight excluding hydrogens is 234 g/mol. The molecule has 3 nitrogen and oxygen atoms in total. The predicted octanol–water partition coefficient (Wildman–Crippen LogP) is 3.68. The first-order valence-corrected chi connectivity index (χ1v) is 6.64. The Balaban J connectivity index is 2.28. The van der Waals surface area contributed by atoms with Crippen molar-refractivity contribution in [3.8, 4) is 0 Å². The van der Waals surface area contributed by atoms with Crippen molar-refractivity contribution in [2.45, 2.75) is 13.8 Å². The van der Waals surface area contributed by atoms with Crippen molar-refractivity contribution in [3.05, 3.63) is 54.4 Å². The molecule has 0 amide bonds. The van der Waals surface area contributed by atoms with Crippen LogP contribution in [-0.4, -0.2) is 24.3 Å². The second-order valence-corrected chi connectivity index (χ2v) is 4.17. The maximum absolute atomic E-state index is 4.56. The van der Waals surface area contributed by atoms with E-state index in [0.717, 1.165) is 24.5 Å². The first kappa shape index (κ1) is 13.3. The molecule has 0 unspecified atom stereocenters. The molecular formula is C16H19N3. The summed E-state index contributed by atoms with van der Waals surface area (Å²) in [5.41, 5.74) is 3.02. The van der Waals surface area contributed by atoms with Crippen molar-refractivity contribution in [2.75, 3.05) is 18.0 Å². The van der Waals surface area contributed by atoms with Gasteiger partial charge in [0.05, 0.1) is 23.3 Å². The van der Waals surface area contributed by atoms with Gasteiger partial charge in [0.2, 0.25) is 0 Å². The van der Waals surface area contributed by atoms with Crippen molar-refractivity contribution in [2.24, 2.45) is 4.99 Å².